The Morgan fingerprint density at radius 1 is 0.881 bits per heavy atom. The number of rotatable bonds is 5. The second-order valence-corrected chi connectivity index (χ2v) is 14.5. The highest BCUT2D eigenvalue weighted by molar-refractivity contribution is 8.00. The first-order valence-electron chi connectivity index (χ1n) is 13.9. The monoisotopic (exact) mass is 634 g/mol. The summed E-state index contributed by atoms with van der Waals surface area (Å²) in [5.41, 5.74) is 2.52. The van der Waals surface area contributed by atoms with Gasteiger partial charge in [0, 0.05) is 31.7 Å². The van der Waals surface area contributed by atoms with Crippen molar-refractivity contribution in [2.24, 2.45) is 29.6 Å². The zero-order valence-electron chi connectivity index (χ0n) is 22.0. The number of fused-ring (bicyclic) bond motifs is 9. The number of H-pyrrole nitrogens is 1. The van der Waals surface area contributed by atoms with Crippen LogP contribution >= 0.6 is 46.3 Å². The summed E-state index contributed by atoms with van der Waals surface area (Å²) in [5, 5.41) is 2.05. The van der Waals surface area contributed by atoms with Gasteiger partial charge in [0.15, 0.2) is 0 Å². The maximum Gasteiger partial charge on any atom is 0.305 e. The van der Waals surface area contributed by atoms with Gasteiger partial charge < -0.3 is 9.72 Å². The summed E-state index contributed by atoms with van der Waals surface area (Å²) in [6, 6.07) is 22.5. The van der Waals surface area contributed by atoms with Crippen molar-refractivity contribution in [3.05, 3.63) is 109 Å². The van der Waals surface area contributed by atoms with Crippen molar-refractivity contribution < 1.29 is 14.3 Å². The number of thiazole rings is 1. The number of hydrogen-bond donors (Lipinski definition) is 1. The standard InChI is InChI=1S/C32H24Cl2N2O4S2/c33-16-6-9-18(10-7-16)36-30(37)25-20-13-21(26(25)31(36)38)27-24(20)23(28-29(41-27)35-32(39)42-28)19-12-17(34)8-11-22(19)40-14-15-4-2-1-3-5-15/h1-12,20-21,23-27H,13-14H2,(H,35,39)/t20-,21-,23+,24+,25+,26+,27-/m1/s1. The molecule has 1 aromatic heterocycles. The molecule has 6 nitrogen and oxygen atoms in total. The molecular weight excluding hydrogens is 611 g/mol. The molecule has 3 aromatic carbocycles. The van der Waals surface area contributed by atoms with E-state index in [4.69, 9.17) is 27.9 Å². The van der Waals surface area contributed by atoms with Gasteiger partial charge in [0.25, 0.3) is 0 Å². The Morgan fingerprint density at radius 3 is 2.36 bits per heavy atom. The molecule has 2 aliphatic heterocycles. The van der Waals surface area contributed by atoms with Crippen LogP contribution in [0.25, 0.3) is 0 Å². The number of hydrogen-bond acceptors (Lipinski definition) is 6. The van der Waals surface area contributed by atoms with Crippen LogP contribution in [0.3, 0.4) is 0 Å². The first-order valence-corrected chi connectivity index (χ1v) is 16.3. The van der Waals surface area contributed by atoms with Gasteiger partial charge in [-0.3, -0.25) is 19.3 Å². The van der Waals surface area contributed by atoms with Gasteiger partial charge in [-0.1, -0.05) is 64.9 Å². The topological polar surface area (TPSA) is 79.5 Å². The van der Waals surface area contributed by atoms with Gasteiger partial charge in [-0.2, -0.15) is 0 Å². The van der Waals surface area contributed by atoms with Crippen molar-refractivity contribution in [2.45, 2.75) is 29.2 Å². The molecule has 0 unspecified atom stereocenters. The molecule has 3 fully saturated rings. The summed E-state index contributed by atoms with van der Waals surface area (Å²) >= 11 is 15.6. The quantitative estimate of drug-likeness (QED) is 0.239. The van der Waals surface area contributed by atoms with Crippen LogP contribution in [0.15, 0.2) is 82.6 Å². The zero-order chi connectivity index (χ0) is 28.7. The van der Waals surface area contributed by atoms with Gasteiger partial charge in [-0.25, -0.2) is 0 Å². The summed E-state index contributed by atoms with van der Waals surface area (Å²) in [4.78, 5) is 45.8. The molecule has 7 atom stereocenters. The minimum Gasteiger partial charge on any atom is -0.489 e. The third-order valence-electron chi connectivity index (χ3n) is 9.35. The van der Waals surface area contributed by atoms with E-state index in [1.807, 2.05) is 48.5 Å². The Hall–Kier alpha value is -3.04. The molecule has 1 N–H and O–H groups in total. The number of carbonyl (C=O) groups is 2. The van der Waals surface area contributed by atoms with Gasteiger partial charge in [-0.05, 0) is 72.2 Å². The van der Waals surface area contributed by atoms with Crippen LogP contribution in [0.5, 0.6) is 5.75 Å². The molecule has 42 heavy (non-hydrogen) atoms. The minimum atomic E-state index is -0.396. The lowest BCUT2D eigenvalue weighted by Crippen LogP contribution is -2.42. The molecule has 4 aromatic rings. The molecule has 212 valence electrons. The van der Waals surface area contributed by atoms with Crippen LogP contribution < -0.4 is 14.5 Å². The Morgan fingerprint density at radius 2 is 1.60 bits per heavy atom. The number of halogens is 2. The van der Waals surface area contributed by atoms with Gasteiger partial charge in [0.1, 0.15) is 12.4 Å². The Balaban J connectivity index is 1.21. The number of nitrogens with one attached hydrogen (secondary N) is 1. The molecule has 10 heteroatoms. The summed E-state index contributed by atoms with van der Waals surface area (Å²) in [5.74, 6) is -0.459. The fraction of sp³-hybridized carbons (Fsp3) is 0.281. The number of carbonyl (C=O) groups excluding carboxylic acids is 2. The van der Waals surface area contributed by atoms with Gasteiger partial charge >= 0.3 is 4.87 Å². The predicted octanol–water partition coefficient (Wildman–Crippen LogP) is 7.00. The van der Waals surface area contributed by atoms with Crippen LogP contribution in [-0.2, 0) is 16.2 Å². The molecular formula is C32H24Cl2N2O4S2. The number of thioether (sulfide) groups is 1. The highest BCUT2D eigenvalue weighted by Crippen LogP contribution is 2.69. The average molecular weight is 636 g/mol. The number of nitrogens with zero attached hydrogens (tertiary/aromatic N) is 1. The first-order chi connectivity index (χ1) is 20.4. The van der Waals surface area contributed by atoms with E-state index in [-0.39, 0.29) is 51.5 Å². The average Bonchev–Trinajstić information content (AvgIpc) is 3.72. The van der Waals surface area contributed by atoms with Gasteiger partial charge in [0.2, 0.25) is 11.8 Å². The van der Waals surface area contributed by atoms with E-state index in [1.165, 1.54) is 16.2 Å². The smallest absolute Gasteiger partial charge is 0.305 e. The maximum absolute atomic E-state index is 14.0. The Labute approximate surface area is 260 Å². The number of imide groups is 1. The summed E-state index contributed by atoms with van der Waals surface area (Å²) in [6.07, 6.45) is 0.806. The molecule has 0 radical (unpaired) electrons. The summed E-state index contributed by atoms with van der Waals surface area (Å²) in [7, 11) is 0. The fourth-order valence-electron chi connectivity index (χ4n) is 7.84. The predicted molar refractivity (Wildman–Crippen MR) is 165 cm³/mol. The van der Waals surface area contributed by atoms with Crippen LogP contribution in [0.2, 0.25) is 10.0 Å². The first kappa shape index (κ1) is 26.6. The van der Waals surface area contributed by atoms with E-state index in [1.54, 1.807) is 36.0 Å². The Bertz CT molecular complexity index is 1790. The highest BCUT2D eigenvalue weighted by Gasteiger charge is 2.69. The van der Waals surface area contributed by atoms with Crippen LogP contribution in [0, 0.1) is 29.6 Å². The molecule has 8 rings (SSSR count). The van der Waals surface area contributed by atoms with Crippen molar-refractivity contribution in [3.63, 3.8) is 0 Å². The van der Waals surface area contributed by atoms with E-state index in [9.17, 15) is 14.4 Å². The number of aromatic amines is 1. The summed E-state index contributed by atoms with van der Waals surface area (Å²) in [6.45, 7) is 0.390. The second kappa shape index (κ2) is 10.0. The zero-order valence-corrected chi connectivity index (χ0v) is 25.2. The Kier molecular flexibility index (Phi) is 6.34. The van der Waals surface area contributed by atoms with Crippen molar-refractivity contribution >= 4 is 63.8 Å². The van der Waals surface area contributed by atoms with E-state index < -0.39 is 5.92 Å². The van der Waals surface area contributed by atoms with Crippen LogP contribution in [0.4, 0.5) is 5.69 Å². The lowest BCUT2D eigenvalue weighted by Gasteiger charge is -2.43. The van der Waals surface area contributed by atoms with E-state index >= 15 is 0 Å². The minimum absolute atomic E-state index is 0.0115. The third kappa shape index (κ3) is 4.03. The van der Waals surface area contributed by atoms with Crippen LogP contribution in [-0.4, -0.2) is 22.0 Å². The SMILES string of the molecule is O=C1[C@H]2[C@H]3C[C@@H]([C@@H]2C(=O)N1c1ccc(Cl)cc1)[C@H]1[C@H](c2cc(Cl)ccc2OCc2ccccc2)c2sc(=O)[nH]c2S[C@H]31. The number of amides is 2. The molecule has 2 bridgehead atoms. The van der Waals surface area contributed by atoms with Crippen molar-refractivity contribution in [1.29, 1.82) is 0 Å². The number of benzene rings is 3. The normalized spacial score (nSPS) is 29.0. The molecule has 0 spiro atoms. The third-order valence-corrected chi connectivity index (χ3v) is 12.4. The maximum atomic E-state index is 14.0. The molecule has 2 amide bonds. The lowest BCUT2D eigenvalue weighted by atomic mass is 9.68. The van der Waals surface area contributed by atoms with Crippen molar-refractivity contribution in [2.75, 3.05) is 4.90 Å². The molecule has 1 saturated heterocycles. The van der Waals surface area contributed by atoms with Crippen molar-refractivity contribution in [1.82, 2.24) is 4.98 Å². The largest absolute Gasteiger partial charge is 0.489 e. The van der Waals surface area contributed by atoms with E-state index in [0.29, 0.717) is 28.1 Å². The molecule has 4 aliphatic rings. The lowest BCUT2D eigenvalue weighted by molar-refractivity contribution is -0.123. The number of aromatic nitrogens is 1. The van der Waals surface area contributed by atoms with Crippen molar-refractivity contribution in [3.8, 4) is 5.75 Å². The van der Waals surface area contributed by atoms with Crippen LogP contribution in [0.1, 0.15) is 28.3 Å². The fourth-order valence-corrected chi connectivity index (χ4v) is 11.0. The number of ether oxygens (including phenoxy) is 1. The molecule has 2 saturated carbocycles. The number of anilines is 1. The second-order valence-electron chi connectivity index (χ2n) is 11.4. The van der Waals surface area contributed by atoms with Gasteiger partial charge in [-0.15, -0.1) is 11.8 Å². The highest BCUT2D eigenvalue weighted by atomic mass is 35.5. The van der Waals surface area contributed by atoms with Gasteiger partial charge in [0.05, 0.1) is 22.5 Å². The molecule has 3 heterocycles. The molecule has 2 aliphatic carbocycles. The van der Waals surface area contributed by atoms with E-state index in [0.717, 1.165) is 27.5 Å². The van der Waals surface area contributed by atoms with E-state index in [2.05, 4.69) is 4.98 Å². The summed E-state index contributed by atoms with van der Waals surface area (Å²) < 4.78 is 6.40.